The van der Waals surface area contributed by atoms with E-state index >= 15 is 0 Å². The van der Waals surface area contributed by atoms with E-state index in [9.17, 15) is 14.4 Å². The van der Waals surface area contributed by atoms with Crippen LogP contribution in [0.1, 0.15) is 26.2 Å². The first-order valence-electron chi connectivity index (χ1n) is 4.88. The molecule has 6 N–H and O–H groups in total. The molecule has 2 atom stereocenters. The Labute approximate surface area is 93.2 Å². The SMILES string of the molecule is CC(O)CC(=O)NC(CCC(N)=O)C(N)=O. The fraction of sp³-hybridized carbons (Fsp3) is 0.667. The Morgan fingerprint density at radius 3 is 2.25 bits per heavy atom. The molecule has 2 unspecified atom stereocenters. The molecular formula is C9H17N3O4. The monoisotopic (exact) mass is 231 g/mol. The maximum absolute atomic E-state index is 11.2. The summed E-state index contributed by atoms with van der Waals surface area (Å²) in [7, 11) is 0. The van der Waals surface area contributed by atoms with Crippen LogP contribution in [0, 0.1) is 0 Å². The number of rotatable bonds is 7. The molecule has 0 aromatic carbocycles. The lowest BCUT2D eigenvalue weighted by Gasteiger charge is -2.15. The van der Waals surface area contributed by atoms with E-state index in [4.69, 9.17) is 16.6 Å². The van der Waals surface area contributed by atoms with Crippen LogP contribution in [0.15, 0.2) is 0 Å². The molecule has 0 saturated carbocycles. The summed E-state index contributed by atoms with van der Waals surface area (Å²) in [6, 6.07) is -0.932. The van der Waals surface area contributed by atoms with Crippen molar-refractivity contribution in [3.63, 3.8) is 0 Å². The molecule has 0 heterocycles. The van der Waals surface area contributed by atoms with Gasteiger partial charge in [-0.25, -0.2) is 0 Å². The van der Waals surface area contributed by atoms with Gasteiger partial charge in [-0.15, -0.1) is 0 Å². The van der Waals surface area contributed by atoms with Gasteiger partial charge in [-0.3, -0.25) is 14.4 Å². The highest BCUT2D eigenvalue weighted by Gasteiger charge is 2.19. The summed E-state index contributed by atoms with van der Waals surface area (Å²) in [4.78, 5) is 32.7. The van der Waals surface area contributed by atoms with Crippen molar-refractivity contribution in [3.8, 4) is 0 Å². The highest BCUT2D eigenvalue weighted by atomic mass is 16.3. The van der Waals surface area contributed by atoms with Crippen molar-refractivity contribution in [2.75, 3.05) is 0 Å². The molecule has 0 spiro atoms. The molecule has 7 nitrogen and oxygen atoms in total. The van der Waals surface area contributed by atoms with Crippen LogP contribution in [0.4, 0.5) is 0 Å². The maximum Gasteiger partial charge on any atom is 0.240 e. The number of nitrogens with one attached hydrogen (secondary N) is 1. The zero-order valence-corrected chi connectivity index (χ0v) is 9.10. The highest BCUT2D eigenvalue weighted by Crippen LogP contribution is 1.98. The Balaban J connectivity index is 4.17. The van der Waals surface area contributed by atoms with Gasteiger partial charge < -0.3 is 21.9 Å². The predicted molar refractivity (Wildman–Crippen MR) is 55.9 cm³/mol. The molecule has 3 amide bonds. The van der Waals surface area contributed by atoms with Crippen molar-refractivity contribution < 1.29 is 19.5 Å². The Bertz CT molecular complexity index is 278. The number of primary amides is 2. The molecule has 0 saturated heterocycles. The number of carbonyl (C=O) groups is 3. The first kappa shape index (κ1) is 14.4. The van der Waals surface area contributed by atoms with Gasteiger partial charge in [0.05, 0.1) is 12.5 Å². The van der Waals surface area contributed by atoms with Crippen LogP contribution in [-0.4, -0.2) is 35.0 Å². The summed E-state index contributed by atoms with van der Waals surface area (Å²) >= 11 is 0. The number of aliphatic hydroxyl groups is 1. The highest BCUT2D eigenvalue weighted by molar-refractivity contribution is 5.87. The molecule has 0 rings (SSSR count). The van der Waals surface area contributed by atoms with Gasteiger partial charge in [0.25, 0.3) is 0 Å². The summed E-state index contributed by atoms with van der Waals surface area (Å²) in [5.41, 5.74) is 9.94. The Hall–Kier alpha value is -1.63. The van der Waals surface area contributed by atoms with Crippen molar-refractivity contribution >= 4 is 17.7 Å². The van der Waals surface area contributed by atoms with Gasteiger partial charge >= 0.3 is 0 Å². The number of hydrogen-bond donors (Lipinski definition) is 4. The first-order chi connectivity index (χ1) is 7.32. The van der Waals surface area contributed by atoms with Crippen LogP contribution >= 0.6 is 0 Å². The summed E-state index contributed by atoms with van der Waals surface area (Å²) in [5, 5.41) is 11.3. The molecule has 7 heteroatoms. The van der Waals surface area contributed by atoms with E-state index in [1.165, 1.54) is 6.92 Å². The van der Waals surface area contributed by atoms with E-state index in [0.717, 1.165) is 0 Å². The van der Waals surface area contributed by atoms with Gasteiger partial charge in [-0.2, -0.15) is 0 Å². The van der Waals surface area contributed by atoms with E-state index in [1.54, 1.807) is 0 Å². The Kier molecular flexibility index (Phi) is 6.09. The first-order valence-corrected chi connectivity index (χ1v) is 4.88. The lowest BCUT2D eigenvalue weighted by atomic mass is 10.1. The topological polar surface area (TPSA) is 136 Å². The van der Waals surface area contributed by atoms with E-state index in [-0.39, 0.29) is 19.3 Å². The molecule has 0 aromatic rings. The van der Waals surface area contributed by atoms with Crippen LogP contribution in [0.5, 0.6) is 0 Å². The van der Waals surface area contributed by atoms with Crippen molar-refractivity contribution in [1.29, 1.82) is 0 Å². The largest absolute Gasteiger partial charge is 0.393 e. The van der Waals surface area contributed by atoms with Crippen molar-refractivity contribution in [3.05, 3.63) is 0 Å². The van der Waals surface area contributed by atoms with Crippen LogP contribution in [-0.2, 0) is 14.4 Å². The zero-order valence-electron chi connectivity index (χ0n) is 9.10. The second-order valence-electron chi connectivity index (χ2n) is 3.58. The Morgan fingerprint density at radius 2 is 1.88 bits per heavy atom. The quantitative estimate of drug-likeness (QED) is 0.402. The van der Waals surface area contributed by atoms with Gasteiger partial charge in [0.1, 0.15) is 6.04 Å². The molecule has 0 aromatic heterocycles. The van der Waals surface area contributed by atoms with E-state index < -0.39 is 29.9 Å². The molecular weight excluding hydrogens is 214 g/mol. The normalized spacial score (nSPS) is 13.9. The number of hydrogen-bond acceptors (Lipinski definition) is 4. The van der Waals surface area contributed by atoms with E-state index in [0.29, 0.717) is 0 Å². The lowest BCUT2D eigenvalue weighted by Crippen LogP contribution is -2.45. The van der Waals surface area contributed by atoms with Gasteiger partial charge in [0.2, 0.25) is 17.7 Å². The number of nitrogens with two attached hydrogens (primary N) is 2. The smallest absolute Gasteiger partial charge is 0.240 e. The fourth-order valence-electron chi connectivity index (χ4n) is 1.09. The molecule has 0 aliphatic rings. The average molecular weight is 231 g/mol. The fourth-order valence-corrected chi connectivity index (χ4v) is 1.09. The molecule has 0 radical (unpaired) electrons. The van der Waals surface area contributed by atoms with Gasteiger partial charge in [-0.05, 0) is 13.3 Å². The number of aliphatic hydroxyl groups excluding tert-OH is 1. The molecule has 16 heavy (non-hydrogen) atoms. The summed E-state index contributed by atoms with van der Waals surface area (Å²) < 4.78 is 0. The zero-order chi connectivity index (χ0) is 12.7. The average Bonchev–Trinajstić information content (AvgIpc) is 2.09. The third-order valence-electron chi connectivity index (χ3n) is 1.84. The minimum atomic E-state index is -0.932. The van der Waals surface area contributed by atoms with Crippen LogP contribution in [0.25, 0.3) is 0 Å². The second kappa shape index (κ2) is 6.78. The molecule has 0 aliphatic carbocycles. The number of carbonyl (C=O) groups excluding carboxylic acids is 3. The van der Waals surface area contributed by atoms with Crippen molar-refractivity contribution in [2.45, 2.75) is 38.3 Å². The van der Waals surface area contributed by atoms with Gasteiger partial charge in [0.15, 0.2) is 0 Å². The molecule has 0 aliphatic heterocycles. The van der Waals surface area contributed by atoms with Crippen LogP contribution in [0.3, 0.4) is 0 Å². The van der Waals surface area contributed by atoms with Crippen molar-refractivity contribution in [2.24, 2.45) is 11.5 Å². The molecule has 0 fully saturated rings. The summed E-state index contributed by atoms with van der Waals surface area (Å²) in [6.07, 6.45) is -0.899. The van der Waals surface area contributed by atoms with E-state index in [2.05, 4.69) is 5.32 Å². The summed E-state index contributed by atoms with van der Waals surface area (Å²) in [6.45, 7) is 1.45. The van der Waals surface area contributed by atoms with Gasteiger partial charge in [0, 0.05) is 6.42 Å². The number of amides is 3. The van der Waals surface area contributed by atoms with Crippen LogP contribution < -0.4 is 16.8 Å². The van der Waals surface area contributed by atoms with Gasteiger partial charge in [-0.1, -0.05) is 0 Å². The Morgan fingerprint density at radius 1 is 1.31 bits per heavy atom. The standard InChI is InChI=1S/C9H17N3O4/c1-5(13)4-8(15)12-6(9(11)16)2-3-7(10)14/h5-6,13H,2-4H2,1H3,(H2,10,14)(H2,11,16)(H,12,15). The minimum absolute atomic E-state index is 0.0391. The predicted octanol–water partition coefficient (Wildman–Crippen LogP) is -2.01. The third-order valence-corrected chi connectivity index (χ3v) is 1.84. The molecule has 0 bridgehead atoms. The summed E-state index contributed by atoms with van der Waals surface area (Å²) in [5.74, 6) is -1.81. The third kappa shape index (κ3) is 6.77. The van der Waals surface area contributed by atoms with Crippen molar-refractivity contribution in [1.82, 2.24) is 5.32 Å². The van der Waals surface area contributed by atoms with E-state index in [1.807, 2.05) is 0 Å². The lowest BCUT2D eigenvalue weighted by molar-refractivity contribution is -0.129. The second-order valence-corrected chi connectivity index (χ2v) is 3.58. The maximum atomic E-state index is 11.2. The molecule has 92 valence electrons. The minimum Gasteiger partial charge on any atom is -0.393 e. The van der Waals surface area contributed by atoms with Crippen LogP contribution in [0.2, 0.25) is 0 Å².